The van der Waals surface area contributed by atoms with Crippen molar-refractivity contribution in [2.45, 2.75) is 13.5 Å². The quantitative estimate of drug-likeness (QED) is 0.599. The Kier molecular flexibility index (Phi) is 4.54. The predicted octanol–water partition coefficient (Wildman–Crippen LogP) is 4.53. The first-order valence-electron chi connectivity index (χ1n) is 7.10. The van der Waals surface area contributed by atoms with Gasteiger partial charge in [-0.15, -0.1) is 11.3 Å². The van der Waals surface area contributed by atoms with Gasteiger partial charge in [0, 0.05) is 43.9 Å². The fourth-order valence-corrected chi connectivity index (χ4v) is 3.85. The molecule has 4 N–H and O–H groups in total. The van der Waals surface area contributed by atoms with Crippen LogP contribution in [0.25, 0.3) is 11.3 Å². The van der Waals surface area contributed by atoms with E-state index in [0.29, 0.717) is 5.56 Å². The number of hydrogen-bond acceptors (Lipinski definition) is 3. The Morgan fingerprint density at radius 2 is 2.13 bits per heavy atom. The van der Waals surface area contributed by atoms with E-state index in [4.69, 9.17) is 5.73 Å². The third kappa shape index (κ3) is 3.48. The van der Waals surface area contributed by atoms with Gasteiger partial charge in [0.25, 0.3) is 5.91 Å². The number of amides is 1. The highest BCUT2D eigenvalue weighted by Crippen LogP contribution is 2.30. The highest BCUT2D eigenvalue weighted by Gasteiger charge is 2.13. The SMILES string of the molecule is Cc1[nH]c(-c2ccccc2NCc2cc(Br)cs2)cc1C(N)=O. The number of thiophene rings is 1. The van der Waals surface area contributed by atoms with Crippen LogP contribution in [0, 0.1) is 6.92 Å². The lowest BCUT2D eigenvalue weighted by atomic mass is 10.1. The van der Waals surface area contributed by atoms with Crippen LogP contribution in [0.1, 0.15) is 20.9 Å². The lowest BCUT2D eigenvalue weighted by Crippen LogP contribution is -2.10. The van der Waals surface area contributed by atoms with Gasteiger partial charge in [0.05, 0.1) is 5.56 Å². The molecule has 0 bridgehead atoms. The van der Waals surface area contributed by atoms with Crippen molar-refractivity contribution >= 4 is 38.9 Å². The lowest BCUT2D eigenvalue weighted by molar-refractivity contribution is 0.1000. The van der Waals surface area contributed by atoms with E-state index in [-0.39, 0.29) is 0 Å². The number of carbonyl (C=O) groups excluding carboxylic acids is 1. The van der Waals surface area contributed by atoms with Gasteiger partial charge >= 0.3 is 0 Å². The highest BCUT2D eigenvalue weighted by atomic mass is 79.9. The zero-order valence-corrected chi connectivity index (χ0v) is 14.9. The number of benzene rings is 1. The molecule has 0 atom stereocenters. The van der Waals surface area contributed by atoms with Gasteiger partial charge in [-0.2, -0.15) is 0 Å². The molecule has 0 spiro atoms. The first kappa shape index (κ1) is 15.8. The second-order valence-electron chi connectivity index (χ2n) is 5.22. The van der Waals surface area contributed by atoms with Gasteiger partial charge in [0.2, 0.25) is 0 Å². The number of primary amides is 1. The molecule has 0 aliphatic carbocycles. The average Bonchev–Trinajstić information content (AvgIpc) is 3.11. The Balaban J connectivity index is 1.88. The molecule has 0 aliphatic heterocycles. The van der Waals surface area contributed by atoms with E-state index in [1.807, 2.05) is 31.2 Å². The molecule has 3 rings (SSSR count). The van der Waals surface area contributed by atoms with Crippen LogP contribution in [-0.4, -0.2) is 10.9 Å². The number of nitrogens with two attached hydrogens (primary N) is 1. The number of aromatic nitrogens is 1. The Bertz CT molecular complexity index is 853. The van der Waals surface area contributed by atoms with Crippen molar-refractivity contribution in [3.63, 3.8) is 0 Å². The molecule has 23 heavy (non-hydrogen) atoms. The van der Waals surface area contributed by atoms with E-state index in [1.54, 1.807) is 17.4 Å². The van der Waals surface area contributed by atoms with Gasteiger partial charge < -0.3 is 16.0 Å². The number of rotatable bonds is 5. The lowest BCUT2D eigenvalue weighted by Gasteiger charge is -2.10. The minimum atomic E-state index is -0.418. The molecule has 0 saturated heterocycles. The molecule has 0 radical (unpaired) electrons. The van der Waals surface area contributed by atoms with Crippen LogP contribution in [0.15, 0.2) is 46.3 Å². The Labute approximate surface area is 146 Å². The van der Waals surface area contributed by atoms with Crippen LogP contribution in [0.5, 0.6) is 0 Å². The minimum Gasteiger partial charge on any atom is -0.380 e. The normalized spacial score (nSPS) is 10.7. The molecule has 118 valence electrons. The molecule has 1 amide bonds. The third-order valence-electron chi connectivity index (χ3n) is 3.57. The van der Waals surface area contributed by atoms with Crippen LogP contribution in [0.3, 0.4) is 0 Å². The summed E-state index contributed by atoms with van der Waals surface area (Å²) in [7, 11) is 0. The summed E-state index contributed by atoms with van der Waals surface area (Å²) < 4.78 is 1.10. The van der Waals surface area contributed by atoms with Gasteiger partial charge in [-0.1, -0.05) is 18.2 Å². The summed E-state index contributed by atoms with van der Waals surface area (Å²) >= 11 is 5.17. The van der Waals surface area contributed by atoms with Gasteiger partial charge in [-0.3, -0.25) is 4.79 Å². The number of halogens is 1. The summed E-state index contributed by atoms with van der Waals surface area (Å²) in [6.07, 6.45) is 0. The van der Waals surface area contributed by atoms with Crippen molar-refractivity contribution in [1.82, 2.24) is 4.98 Å². The number of anilines is 1. The van der Waals surface area contributed by atoms with Crippen molar-refractivity contribution < 1.29 is 4.79 Å². The summed E-state index contributed by atoms with van der Waals surface area (Å²) in [5, 5.41) is 5.52. The zero-order valence-electron chi connectivity index (χ0n) is 12.5. The summed E-state index contributed by atoms with van der Waals surface area (Å²) in [5.74, 6) is -0.418. The molecule has 2 heterocycles. The smallest absolute Gasteiger partial charge is 0.250 e. The Hall–Kier alpha value is -2.05. The molecule has 0 fully saturated rings. The van der Waals surface area contributed by atoms with Crippen molar-refractivity contribution in [3.8, 4) is 11.3 Å². The van der Waals surface area contributed by atoms with Gasteiger partial charge in [0.1, 0.15) is 0 Å². The molecule has 0 aliphatic rings. The second kappa shape index (κ2) is 6.60. The maximum absolute atomic E-state index is 11.4. The number of para-hydroxylation sites is 1. The maximum atomic E-state index is 11.4. The van der Waals surface area contributed by atoms with Crippen LogP contribution < -0.4 is 11.1 Å². The number of nitrogens with one attached hydrogen (secondary N) is 2. The molecular weight excluding hydrogens is 374 g/mol. The average molecular weight is 390 g/mol. The van der Waals surface area contributed by atoms with E-state index >= 15 is 0 Å². The monoisotopic (exact) mass is 389 g/mol. The number of H-pyrrole nitrogens is 1. The fraction of sp³-hybridized carbons (Fsp3) is 0.118. The second-order valence-corrected chi connectivity index (χ2v) is 7.13. The maximum Gasteiger partial charge on any atom is 0.250 e. The summed E-state index contributed by atoms with van der Waals surface area (Å²) in [4.78, 5) is 15.9. The topological polar surface area (TPSA) is 70.9 Å². The van der Waals surface area contributed by atoms with Crippen LogP contribution in [-0.2, 0) is 6.54 Å². The van der Waals surface area contributed by atoms with E-state index in [1.165, 1.54) is 4.88 Å². The summed E-state index contributed by atoms with van der Waals surface area (Å²) in [6.45, 7) is 2.60. The number of hydrogen-bond donors (Lipinski definition) is 3. The van der Waals surface area contributed by atoms with Crippen LogP contribution in [0.4, 0.5) is 5.69 Å². The predicted molar refractivity (Wildman–Crippen MR) is 98.8 cm³/mol. The first-order chi connectivity index (χ1) is 11.0. The fourth-order valence-electron chi connectivity index (χ4n) is 2.46. The van der Waals surface area contributed by atoms with Gasteiger partial charge in [-0.25, -0.2) is 0 Å². The molecule has 1 aromatic carbocycles. The van der Waals surface area contributed by atoms with E-state index in [0.717, 1.165) is 33.7 Å². The van der Waals surface area contributed by atoms with Crippen LogP contribution >= 0.6 is 27.3 Å². The Morgan fingerprint density at radius 1 is 1.35 bits per heavy atom. The number of carbonyl (C=O) groups is 1. The first-order valence-corrected chi connectivity index (χ1v) is 8.77. The highest BCUT2D eigenvalue weighted by molar-refractivity contribution is 9.10. The Morgan fingerprint density at radius 3 is 2.78 bits per heavy atom. The molecular formula is C17H16BrN3OS. The van der Waals surface area contributed by atoms with Crippen molar-refractivity contribution in [2.24, 2.45) is 5.73 Å². The zero-order chi connectivity index (χ0) is 16.4. The molecule has 0 unspecified atom stereocenters. The van der Waals surface area contributed by atoms with E-state index < -0.39 is 5.91 Å². The van der Waals surface area contributed by atoms with Crippen molar-refractivity contribution in [2.75, 3.05) is 5.32 Å². The van der Waals surface area contributed by atoms with Crippen LogP contribution in [0.2, 0.25) is 0 Å². The number of aryl methyl sites for hydroxylation is 1. The van der Waals surface area contributed by atoms with Gasteiger partial charge in [0.15, 0.2) is 0 Å². The van der Waals surface area contributed by atoms with Crippen molar-refractivity contribution in [3.05, 3.63) is 62.4 Å². The largest absolute Gasteiger partial charge is 0.380 e. The van der Waals surface area contributed by atoms with Crippen molar-refractivity contribution in [1.29, 1.82) is 0 Å². The third-order valence-corrected chi connectivity index (χ3v) is 5.27. The molecule has 4 nitrogen and oxygen atoms in total. The van der Waals surface area contributed by atoms with E-state index in [9.17, 15) is 4.79 Å². The minimum absolute atomic E-state index is 0.418. The molecule has 3 aromatic rings. The molecule has 2 aromatic heterocycles. The summed E-state index contributed by atoms with van der Waals surface area (Å²) in [5.41, 5.74) is 9.61. The number of aromatic amines is 1. The molecule has 6 heteroatoms. The summed E-state index contributed by atoms with van der Waals surface area (Å²) in [6, 6.07) is 11.9. The standard InChI is InChI=1S/C17H16BrN3OS/c1-10-14(17(19)22)7-16(21-10)13-4-2-3-5-15(13)20-8-12-6-11(18)9-23-12/h2-7,9,20-21H,8H2,1H3,(H2,19,22). The van der Waals surface area contributed by atoms with Gasteiger partial charge in [-0.05, 0) is 41.1 Å². The van der Waals surface area contributed by atoms with E-state index in [2.05, 4.69) is 37.7 Å². The molecule has 0 saturated carbocycles.